The van der Waals surface area contributed by atoms with E-state index >= 15 is 0 Å². The highest BCUT2D eigenvalue weighted by Gasteiger charge is 2.28. The molecule has 1 saturated carbocycles. The number of benzene rings is 1. The molecule has 1 aromatic carbocycles. The first-order valence-corrected chi connectivity index (χ1v) is 7.48. The molecule has 1 aliphatic rings. The Kier molecular flexibility index (Phi) is 4.76. The molecule has 0 aromatic heterocycles. The van der Waals surface area contributed by atoms with Crippen LogP contribution in [0.3, 0.4) is 0 Å². The van der Waals surface area contributed by atoms with Crippen LogP contribution in [0.1, 0.15) is 51.6 Å². The van der Waals surface area contributed by atoms with Gasteiger partial charge in [-0.25, -0.2) is 0 Å². The third-order valence-corrected chi connectivity index (χ3v) is 4.50. The summed E-state index contributed by atoms with van der Waals surface area (Å²) in [5.74, 6) is 1.42. The normalized spacial score (nSPS) is 28.1. The Morgan fingerprint density at radius 3 is 2.65 bits per heavy atom. The van der Waals surface area contributed by atoms with Gasteiger partial charge in [-0.2, -0.15) is 0 Å². The summed E-state index contributed by atoms with van der Waals surface area (Å²) in [6.45, 7) is 6.60. The van der Waals surface area contributed by atoms with Gasteiger partial charge < -0.3 is 5.32 Å². The molecular weight excluding hydrogens is 252 g/mol. The van der Waals surface area contributed by atoms with E-state index in [9.17, 15) is 10.1 Å². The lowest BCUT2D eigenvalue weighted by atomic mass is 9.79. The van der Waals surface area contributed by atoms with Crippen molar-refractivity contribution in [2.24, 2.45) is 11.8 Å². The van der Waals surface area contributed by atoms with Gasteiger partial charge in [-0.05, 0) is 38.0 Å². The summed E-state index contributed by atoms with van der Waals surface area (Å²) in [5, 5.41) is 14.7. The predicted octanol–water partition coefficient (Wildman–Crippen LogP) is 4.07. The summed E-state index contributed by atoms with van der Waals surface area (Å²) >= 11 is 0. The van der Waals surface area contributed by atoms with E-state index in [4.69, 9.17) is 0 Å². The van der Waals surface area contributed by atoms with Gasteiger partial charge in [0.05, 0.1) is 4.92 Å². The van der Waals surface area contributed by atoms with Crippen LogP contribution >= 0.6 is 0 Å². The van der Waals surface area contributed by atoms with Crippen LogP contribution in [-0.4, -0.2) is 11.0 Å². The van der Waals surface area contributed by atoms with Crippen LogP contribution < -0.4 is 5.32 Å². The van der Waals surface area contributed by atoms with Crippen molar-refractivity contribution in [1.29, 1.82) is 0 Å². The molecule has 0 spiro atoms. The van der Waals surface area contributed by atoms with Crippen LogP contribution in [-0.2, 0) is 0 Å². The fourth-order valence-electron chi connectivity index (χ4n) is 3.34. The monoisotopic (exact) mass is 276 g/mol. The van der Waals surface area contributed by atoms with Crippen molar-refractivity contribution >= 4 is 5.69 Å². The molecule has 0 aliphatic heterocycles. The molecule has 0 saturated heterocycles. The van der Waals surface area contributed by atoms with Crippen LogP contribution in [0.25, 0.3) is 0 Å². The van der Waals surface area contributed by atoms with Crippen molar-refractivity contribution in [2.45, 2.75) is 52.1 Å². The molecule has 4 unspecified atom stereocenters. The van der Waals surface area contributed by atoms with Crippen LogP contribution in [0.5, 0.6) is 0 Å². The number of hydrogen-bond donors (Lipinski definition) is 1. The lowest BCUT2D eigenvalue weighted by Crippen LogP contribution is -2.40. The van der Waals surface area contributed by atoms with Gasteiger partial charge >= 0.3 is 0 Å². The Bertz CT molecular complexity index is 475. The van der Waals surface area contributed by atoms with Crippen LogP contribution in [0.4, 0.5) is 5.69 Å². The summed E-state index contributed by atoms with van der Waals surface area (Å²) in [4.78, 5) is 10.8. The smallest absolute Gasteiger partial charge is 0.274 e. The van der Waals surface area contributed by atoms with Crippen LogP contribution in [0.2, 0.25) is 0 Å². The largest absolute Gasteiger partial charge is 0.307 e. The first-order valence-electron chi connectivity index (χ1n) is 7.48. The molecule has 2 rings (SSSR count). The summed E-state index contributed by atoms with van der Waals surface area (Å²) in [6, 6.07) is 7.50. The molecule has 0 bridgehead atoms. The maximum absolute atomic E-state index is 11.1. The fraction of sp³-hybridized carbons (Fsp3) is 0.625. The molecule has 20 heavy (non-hydrogen) atoms. The van der Waals surface area contributed by atoms with Crippen LogP contribution in [0.15, 0.2) is 24.3 Å². The third-order valence-electron chi connectivity index (χ3n) is 4.50. The highest BCUT2D eigenvalue weighted by Crippen LogP contribution is 2.31. The number of hydrogen-bond acceptors (Lipinski definition) is 3. The lowest BCUT2D eigenvalue weighted by Gasteiger charge is -2.35. The van der Waals surface area contributed by atoms with E-state index < -0.39 is 0 Å². The van der Waals surface area contributed by atoms with Crippen molar-refractivity contribution in [3.8, 4) is 0 Å². The van der Waals surface area contributed by atoms with Crippen molar-refractivity contribution in [3.63, 3.8) is 0 Å². The molecular formula is C16H24N2O2. The zero-order chi connectivity index (χ0) is 14.7. The highest BCUT2D eigenvalue weighted by molar-refractivity contribution is 5.41. The Morgan fingerprint density at radius 2 is 2.00 bits per heavy atom. The molecule has 4 heteroatoms. The Labute approximate surface area is 120 Å². The van der Waals surface area contributed by atoms with Crippen molar-refractivity contribution in [3.05, 3.63) is 39.9 Å². The van der Waals surface area contributed by atoms with Gasteiger partial charge in [0.1, 0.15) is 0 Å². The number of para-hydroxylation sites is 1. The maximum Gasteiger partial charge on any atom is 0.274 e. The number of nitrogens with zero attached hydrogens (tertiary/aromatic N) is 1. The lowest BCUT2D eigenvalue weighted by molar-refractivity contribution is -0.385. The zero-order valence-electron chi connectivity index (χ0n) is 12.5. The Morgan fingerprint density at radius 1 is 1.30 bits per heavy atom. The second-order valence-electron chi connectivity index (χ2n) is 6.21. The number of nitro groups is 1. The molecule has 1 fully saturated rings. The predicted molar refractivity (Wildman–Crippen MR) is 80.6 cm³/mol. The summed E-state index contributed by atoms with van der Waals surface area (Å²) in [5.41, 5.74) is 0.993. The average Bonchev–Trinajstić information content (AvgIpc) is 2.41. The first kappa shape index (κ1) is 15.0. The topological polar surface area (TPSA) is 55.2 Å². The third kappa shape index (κ3) is 3.37. The molecule has 110 valence electrons. The van der Waals surface area contributed by atoms with Gasteiger partial charge in [-0.15, -0.1) is 0 Å². The minimum absolute atomic E-state index is 0.0115. The number of rotatable bonds is 4. The molecule has 0 amide bonds. The summed E-state index contributed by atoms with van der Waals surface area (Å²) < 4.78 is 0. The van der Waals surface area contributed by atoms with Gasteiger partial charge in [0, 0.05) is 23.7 Å². The molecule has 1 aromatic rings. The molecule has 0 heterocycles. The minimum atomic E-state index is -0.292. The van der Waals surface area contributed by atoms with E-state index in [1.165, 1.54) is 12.8 Å². The highest BCUT2D eigenvalue weighted by atomic mass is 16.6. The molecule has 4 atom stereocenters. The molecule has 1 N–H and O–H groups in total. The van der Waals surface area contributed by atoms with Gasteiger partial charge in [-0.1, -0.05) is 32.0 Å². The minimum Gasteiger partial charge on any atom is -0.307 e. The standard InChI is InChI=1S/C16H24N2O2/c1-11-8-9-15(12(2)10-11)17-13(3)14-6-4-5-7-16(14)18(19)20/h4-7,11-13,15,17H,8-10H2,1-3H3. The fourth-order valence-corrected chi connectivity index (χ4v) is 3.34. The van der Waals surface area contributed by atoms with E-state index in [1.807, 2.05) is 19.1 Å². The van der Waals surface area contributed by atoms with E-state index in [0.29, 0.717) is 12.0 Å². The molecule has 1 aliphatic carbocycles. The van der Waals surface area contributed by atoms with E-state index in [0.717, 1.165) is 17.9 Å². The van der Waals surface area contributed by atoms with Gasteiger partial charge in [-0.3, -0.25) is 10.1 Å². The van der Waals surface area contributed by atoms with Gasteiger partial charge in [0.25, 0.3) is 5.69 Å². The SMILES string of the molecule is CC1CCC(NC(C)c2ccccc2[N+](=O)[O-])C(C)C1. The van der Waals surface area contributed by atoms with Crippen molar-refractivity contribution in [2.75, 3.05) is 0 Å². The Hall–Kier alpha value is -1.42. The van der Waals surface area contributed by atoms with E-state index in [1.54, 1.807) is 12.1 Å². The Balaban J connectivity index is 2.08. The molecule has 4 nitrogen and oxygen atoms in total. The van der Waals surface area contributed by atoms with Gasteiger partial charge in [0.2, 0.25) is 0 Å². The van der Waals surface area contributed by atoms with Crippen molar-refractivity contribution in [1.82, 2.24) is 5.32 Å². The van der Waals surface area contributed by atoms with Gasteiger partial charge in [0.15, 0.2) is 0 Å². The second kappa shape index (κ2) is 6.35. The summed E-state index contributed by atoms with van der Waals surface area (Å²) in [6.07, 6.45) is 3.64. The number of nitro benzene ring substituents is 1. The molecule has 0 radical (unpaired) electrons. The first-order chi connectivity index (χ1) is 9.49. The zero-order valence-corrected chi connectivity index (χ0v) is 12.5. The maximum atomic E-state index is 11.1. The van der Waals surface area contributed by atoms with E-state index in [-0.39, 0.29) is 16.7 Å². The van der Waals surface area contributed by atoms with Crippen molar-refractivity contribution < 1.29 is 4.92 Å². The van der Waals surface area contributed by atoms with E-state index in [2.05, 4.69) is 19.2 Å². The van der Waals surface area contributed by atoms with Crippen LogP contribution in [0, 0.1) is 22.0 Å². The summed E-state index contributed by atoms with van der Waals surface area (Å²) in [7, 11) is 0. The second-order valence-corrected chi connectivity index (χ2v) is 6.21. The number of nitrogens with one attached hydrogen (secondary N) is 1. The quantitative estimate of drug-likeness (QED) is 0.666. The average molecular weight is 276 g/mol.